The van der Waals surface area contributed by atoms with Gasteiger partial charge in [-0.3, -0.25) is 14.3 Å². The van der Waals surface area contributed by atoms with Gasteiger partial charge in [-0.2, -0.15) is 5.26 Å². The normalized spacial score (nSPS) is 10.3. The molecule has 0 aliphatic rings. The van der Waals surface area contributed by atoms with Crippen molar-refractivity contribution in [2.75, 3.05) is 20.6 Å². The lowest BCUT2D eigenvalue weighted by atomic mass is 10.4. The van der Waals surface area contributed by atoms with Crippen molar-refractivity contribution < 1.29 is 0 Å². The average Bonchev–Trinajstić information content (AvgIpc) is 2.16. The molecule has 0 saturated heterocycles. The van der Waals surface area contributed by atoms with Crippen molar-refractivity contribution in [3.8, 4) is 6.07 Å². The van der Waals surface area contributed by atoms with Crippen LogP contribution in [-0.2, 0) is 6.54 Å². The Bertz CT molecular complexity index is 492. The van der Waals surface area contributed by atoms with Crippen LogP contribution in [0.15, 0.2) is 15.8 Å². The zero-order chi connectivity index (χ0) is 11.4. The summed E-state index contributed by atoms with van der Waals surface area (Å²) in [5.74, 6) is 0. The highest BCUT2D eigenvalue weighted by Crippen LogP contribution is 1.86. The van der Waals surface area contributed by atoms with Gasteiger partial charge in [-0.1, -0.05) is 0 Å². The molecule has 0 spiro atoms. The zero-order valence-electron chi connectivity index (χ0n) is 8.65. The van der Waals surface area contributed by atoms with E-state index in [9.17, 15) is 9.59 Å². The number of aromatic nitrogens is 2. The molecule has 0 atom stereocenters. The van der Waals surface area contributed by atoms with Crippen LogP contribution in [-0.4, -0.2) is 35.1 Å². The number of rotatable bonds is 3. The minimum atomic E-state index is -0.636. The largest absolute Gasteiger partial charge is 0.328 e. The third kappa shape index (κ3) is 2.79. The molecular formula is C9H12N4O2. The van der Waals surface area contributed by atoms with Gasteiger partial charge in [-0.15, -0.1) is 0 Å². The van der Waals surface area contributed by atoms with E-state index >= 15 is 0 Å². The number of aromatic amines is 1. The maximum absolute atomic E-state index is 11.3. The second kappa shape index (κ2) is 4.57. The molecule has 0 unspecified atom stereocenters. The summed E-state index contributed by atoms with van der Waals surface area (Å²) >= 11 is 0. The summed E-state index contributed by atoms with van der Waals surface area (Å²) in [4.78, 5) is 26.4. The molecule has 0 aliphatic carbocycles. The molecule has 80 valence electrons. The number of nitriles is 1. The summed E-state index contributed by atoms with van der Waals surface area (Å²) in [6.45, 7) is 1.11. The molecular weight excluding hydrogens is 196 g/mol. The van der Waals surface area contributed by atoms with E-state index in [0.717, 1.165) is 0 Å². The molecule has 1 aromatic heterocycles. The van der Waals surface area contributed by atoms with Gasteiger partial charge in [0.05, 0.1) is 0 Å². The minimum absolute atomic E-state index is 0.0478. The second-order valence-electron chi connectivity index (χ2n) is 3.41. The monoisotopic (exact) mass is 208 g/mol. The van der Waals surface area contributed by atoms with Gasteiger partial charge in [0.25, 0.3) is 5.56 Å². The Hall–Kier alpha value is -1.87. The quantitative estimate of drug-likeness (QED) is 0.688. The molecule has 0 saturated carbocycles. The van der Waals surface area contributed by atoms with Crippen molar-refractivity contribution in [1.82, 2.24) is 14.5 Å². The van der Waals surface area contributed by atoms with Crippen LogP contribution in [0.5, 0.6) is 0 Å². The lowest BCUT2D eigenvalue weighted by molar-refractivity contribution is 0.379. The molecule has 0 radical (unpaired) electrons. The number of nitrogens with one attached hydrogen (secondary N) is 1. The van der Waals surface area contributed by atoms with Gasteiger partial charge in [0.1, 0.15) is 11.6 Å². The first kappa shape index (κ1) is 11.2. The molecule has 0 aromatic carbocycles. The van der Waals surface area contributed by atoms with Crippen LogP contribution in [0.3, 0.4) is 0 Å². The van der Waals surface area contributed by atoms with E-state index < -0.39 is 11.2 Å². The second-order valence-corrected chi connectivity index (χ2v) is 3.41. The summed E-state index contributed by atoms with van der Waals surface area (Å²) in [6.07, 6.45) is 1.28. The number of hydrogen-bond acceptors (Lipinski definition) is 4. The summed E-state index contributed by atoms with van der Waals surface area (Å²) in [5.41, 5.74) is -1.17. The van der Waals surface area contributed by atoms with Gasteiger partial charge in [-0.25, -0.2) is 4.79 Å². The van der Waals surface area contributed by atoms with E-state index in [0.29, 0.717) is 13.1 Å². The van der Waals surface area contributed by atoms with Gasteiger partial charge in [-0.05, 0) is 14.1 Å². The summed E-state index contributed by atoms with van der Waals surface area (Å²) in [5, 5.41) is 8.62. The molecule has 6 heteroatoms. The van der Waals surface area contributed by atoms with Crippen molar-refractivity contribution in [1.29, 1.82) is 5.26 Å². The Labute approximate surface area is 86.4 Å². The number of likely N-dealkylation sites (N-methyl/N-ethyl adjacent to an activating group) is 1. The maximum Gasteiger partial charge on any atom is 0.328 e. The Kier molecular flexibility index (Phi) is 3.42. The fourth-order valence-electron chi connectivity index (χ4n) is 1.06. The Morgan fingerprint density at radius 1 is 1.53 bits per heavy atom. The fourth-order valence-corrected chi connectivity index (χ4v) is 1.06. The third-order valence-electron chi connectivity index (χ3n) is 1.92. The number of hydrogen-bond donors (Lipinski definition) is 1. The highest BCUT2D eigenvalue weighted by Gasteiger charge is 2.03. The predicted molar refractivity (Wildman–Crippen MR) is 54.6 cm³/mol. The molecule has 6 nitrogen and oxygen atoms in total. The van der Waals surface area contributed by atoms with Crippen molar-refractivity contribution in [2.24, 2.45) is 0 Å². The molecule has 1 N–H and O–H groups in total. The fraction of sp³-hybridized carbons (Fsp3) is 0.444. The van der Waals surface area contributed by atoms with Crippen LogP contribution < -0.4 is 11.2 Å². The van der Waals surface area contributed by atoms with E-state index in [4.69, 9.17) is 5.26 Å². The zero-order valence-corrected chi connectivity index (χ0v) is 8.65. The smallest absolute Gasteiger partial charge is 0.308 e. The van der Waals surface area contributed by atoms with Crippen molar-refractivity contribution in [3.63, 3.8) is 0 Å². The van der Waals surface area contributed by atoms with E-state index in [2.05, 4.69) is 4.98 Å². The van der Waals surface area contributed by atoms with E-state index in [1.54, 1.807) is 6.07 Å². The minimum Gasteiger partial charge on any atom is -0.308 e. The first-order chi connectivity index (χ1) is 7.04. The first-order valence-corrected chi connectivity index (χ1v) is 4.43. The van der Waals surface area contributed by atoms with Crippen LogP contribution in [0.25, 0.3) is 0 Å². The van der Waals surface area contributed by atoms with Gasteiger partial charge in [0.15, 0.2) is 0 Å². The molecule has 15 heavy (non-hydrogen) atoms. The lowest BCUT2D eigenvalue weighted by Gasteiger charge is -2.10. The van der Waals surface area contributed by atoms with Gasteiger partial charge >= 0.3 is 5.69 Å². The Balaban J connectivity index is 3.05. The van der Waals surface area contributed by atoms with Crippen molar-refractivity contribution in [2.45, 2.75) is 6.54 Å². The average molecular weight is 208 g/mol. The maximum atomic E-state index is 11.3. The van der Waals surface area contributed by atoms with E-state index in [1.165, 1.54) is 10.8 Å². The van der Waals surface area contributed by atoms with Gasteiger partial charge in [0.2, 0.25) is 0 Å². The summed E-state index contributed by atoms with van der Waals surface area (Å²) in [6, 6.07) is 1.73. The molecule has 0 fully saturated rings. The molecule has 1 heterocycles. The molecule has 1 aromatic rings. The van der Waals surface area contributed by atoms with Crippen LogP contribution in [0.4, 0.5) is 0 Å². The van der Waals surface area contributed by atoms with Crippen LogP contribution >= 0.6 is 0 Å². The van der Waals surface area contributed by atoms with Crippen molar-refractivity contribution >= 4 is 0 Å². The van der Waals surface area contributed by atoms with Gasteiger partial charge < -0.3 is 4.90 Å². The molecule has 1 rings (SSSR count). The van der Waals surface area contributed by atoms with Gasteiger partial charge in [0, 0.05) is 19.3 Å². The Morgan fingerprint density at radius 3 is 2.73 bits per heavy atom. The molecule has 0 amide bonds. The third-order valence-corrected chi connectivity index (χ3v) is 1.92. The van der Waals surface area contributed by atoms with Crippen LogP contribution in [0, 0.1) is 11.3 Å². The Morgan fingerprint density at radius 2 is 2.20 bits per heavy atom. The number of nitrogens with zero attached hydrogens (tertiary/aromatic N) is 3. The van der Waals surface area contributed by atoms with Crippen LogP contribution in [0.1, 0.15) is 5.56 Å². The standard InChI is InChI=1S/C9H12N4O2/c1-12(2)3-4-13-6-7(5-10)8(14)11-9(13)15/h6H,3-4H2,1-2H3,(H,11,14,15). The van der Waals surface area contributed by atoms with Crippen LogP contribution in [0.2, 0.25) is 0 Å². The molecule has 0 bridgehead atoms. The first-order valence-electron chi connectivity index (χ1n) is 4.43. The van der Waals surface area contributed by atoms with Crippen molar-refractivity contribution in [3.05, 3.63) is 32.6 Å². The predicted octanol–water partition coefficient (Wildman–Crippen LogP) is -1.03. The highest BCUT2D eigenvalue weighted by molar-refractivity contribution is 5.21. The summed E-state index contributed by atoms with van der Waals surface area (Å²) < 4.78 is 1.32. The van der Waals surface area contributed by atoms with E-state index in [1.807, 2.05) is 19.0 Å². The topological polar surface area (TPSA) is 81.9 Å². The molecule has 0 aliphatic heterocycles. The highest BCUT2D eigenvalue weighted by atomic mass is 16.2. The lowest BCUT2D eigenvalue weighted by Crippen LogP contribution is -2.33. The number of H-pyrrole nitrogens is 1. The SMILES string of the molecule is CN(C)CCn1cc(C#N)c(=O)[nH]c1=O. The van der Waals surface area contributed by atoms with E-state index in [-0.39, 0.29) is 5.56 Å². The summed E-state index contributed by atoms with van der Waals surface area (Å²) in [7, 11) is 3.75.